The van der Waals surface area contributed by atoms with Crippen LogP contribution < -0.4 is 16.6 Å². The van der Waals surface area contributed by atoms with Gasteiger partial charge in [0.05, 0.1) is 11.8 Å². The number of nitrogens with two attached hydrogens (primary N) is 1. The van der Waals surface area contributed by atoms with Crippen LogP contribution in [-0.2, 0) is 11.3 Å². The highest BCUT2D eigenvalue weighted by Gasteiger charge is 2.16. The van der Waals surface area contributed by atoms with Crippen LogP contribution in [0.3, 0.4) is 0 Å². The number of hydrogen-bond donors (Lipinski definition) is 4. The molecule has 0 bridgehead atoms. The van der Waals surface area contributed by atoms with E-state index >= 15 is 0 Å². The van der Waals surface area contributed by atoms with Crippen LogP contribution in [0.15, 0.2) is 16.0 Å². The van der Waals surface area contributed by atoms with Crippen molar-refractivity contribution in [1.29, 1.82) is 0 Å². The standard InChI is InChI=1S/C11H15N7O2S/c1-5-3-8(19)16-11(14-5)21-6(2)9(20)13-4-7-15-10(12)18-17-7/h3,6H,4H2,1-2H3,(H,13,20)(H,14,16,19)(H3,12,15,17,18)/t6-/m1/s1. The lowest BCUT2D eigenvalue weighted by Crippen LogP contribution is -2.31. The summed E-state index contributed by atoms with van der Waals surface area (Å²) in [5.74, 6) is 0.391. The molecule has 21 heavy (non-hydrogen) atoms. The lowest BCUT2D eigenvalue weighted by molar-refractivity contribution is -0.120. The van der Waals surface area contributed by atoms with E-state index in [4.69, 9.17) is 5.73 Å². The Labute approximate surface area is 124 Å². The first-order valence-corrected chi connectivity index (χ1v) is 7.01. The summed E-state index contributed by atoms with van der Waals surface area (Å²) in [6, 6.07) is 1.39. The van der Waals surface area contributed by atoms with Gasteiger partial charge in [0.25, 0.3) is 5.56 Å². The van der Waals surface area contributed by atoms with Gasteiger partial charge in [-0.25, -0.2) is 4.98 Å². The molecule has 112 valence electrons. The van der Waals surface area contributed by atoms with Gasteiger partial charge in [-0.15, -0.1) is 5.10 Å². The van der Waals surface area contributed by atoms with Crippen molar-refractivity contribution in [2.24, 2.45) is 0 Å². The number of amides is 1. The van der Waals surface area contributed by atoms with E-state index in [9.17, 15) is 9.59 Å². The Kier molecular flexibility index (Phi) is 4.58. The molecule has 1 amide bonds. The summed E-state index contributed by atoms with van der Waals surface area (Å²) in [4.78, 5) is 33.9. The molecule has 2 aromatic heterocycles. The molecular formula is C11H15N7O2S. The Morgan fingerprint density at radius 1 is 1.52 bits per heavy atom. The molecule has 0 aromatic carbocycles. The van der Waals surface area contributed by atoms with Crippen molar-refractivity contribution in [3.63, 3.8) is 0 Å². The predicted molar refractivity (Wildman–Crippen MR) is 77.6 cm³/mol. The van der Waals surface area contributed by atoms with Crippen molar-refractivity contribution in [3.05, 3.63) is 27.9 Å². The van der Waals surface area contributed by atoms with E-state index in [0.29, 0.717) is 16.7 Å². The summed E-state index contributed by atoms with van der Waals surface area (Å²) in [7, 11) is 0. The van der Waals surface area contributed by atoms with E-state index in [2.05, 4.69) is 30.5 Å². The quantitative estimate of drug-likeness (QED) is 0.433. The third-order valence-corrected chi connectivity index (χ3v) is 3.47. The molecule has 5 N–H and O–H groups in total. The number of aromatic nitrogens is 5. The summed E-state index contributed by atoms with van der Waals surface area (Å²) in [5.41, 5.74) is 5.72. The zero-order chi connectivity index (χ0) is 15.4. The van der Waals surface area contributed by atoms with E-state index in [-0.39, 0.29) is 24.0 Å². The van der Waals surface area contributed by atoms with Gasteiger partial charge in [0.1, 0.15) is 5.82 Å². The number of H-pyrrole nitrogens is 2. The minimum absolute atomic E-state index is 0.128. The molecule has 9 nitrogen and oxygen atoms in total. The number of aryl methyl sites for hydroxylation is 1. The Hall–Kier alpha value is -2.36. The topological polar surface area (TPSA) is 142 Å². The molecule has 2 aromatic rings. The van der Waals surface area contributed by atoms with Crippen LogP contribution in [-0.4, -0.2) is 36.3 Å². The number of anilines is 1. The number of hydrogen-bond acceptors (Lipinski definition) is 7. The Morgan fingerprint density at radius 3 is 2.90 bits per heavy atom. The monoisotopic (exact) mass is 309 g/mol. The molecule has 0 fully saturated rings. The van der Waals surface area contributed by atoms with Crippen molar-refractivity contribution in [2.45, 2.75) is 30.8 Å². The summed E-state index contributed by atoms with van der Waals surface area (Å²) in [5, 5.41) is 8.94. The Balaban J connectivity index is 1.91. The van der Waals surface area contributed by atoms with Crippen LogP contribution in [0.5, 0.6) is 0 Å². The summed E-state index contributed by atoms with van der Waals surface area (Å²) >= 11 is 1.17. The van der Waals surface area contributed by atoms with E-state index in [1.54, 1.807) is 13.8 Å². The number of rotatable bonds is 5. The van der Waals surface area contributed by atoms with E-state index in [1.807, 2.05) is 0 Å². The van der Waals surface area contributed by atoms with E-state index in [1.165, 1.54) is 17.8 Å². The zero-order valence-corrected chi connectivity index (χ0v) is 12.3. The number of nitrogens with zero attached hydrogens (tertiary/aromatic N) is 3. The molecule has 0 radical (unpaired) electrons. The fourth-order valence-corrected chi connectivity index (χ4v) is 2.41. The molecule has 2 rings (SSSR count). The minimum atomic E-state index is -0.421. The number of thioether (sulfide) groups is 1. The SMILES string of the molecule is Cc1cc(=O)[nH]c(S[C@H](C)C(=O)NCc2nc(N)n[nH]2)n1. The second-order valence-electron chi connectivity index (χ2n) is 4.31. The Morgan fingerprint density at radius 2 is 2.29 bits per heavy atom. The third kappa shape index (κ3) is 4.31. The first kappa shape index (κ1) is 15.0. The van der Waals surface area contributed by atoms with Gasteiger partial charge in [0.15, 0.2) is 5.16 Å². The lowest BCUT2D eigenvalue weighted by atomic mass is 10.4. The summed E-state index contributed by atoms with van der Waals surface area (Å²) < 4.78 is 0. The highest BCUT2D eigenvalue weighted by Crippen LogP contribution is 2.18. The zero-order valence-electron chi connectivity index (χ0n) is 11.5. The highest BCUT2D eigenvalue weighted by atomic mass is 32.2. The minimum Gasteiger partial charge on any atom is -0.367 e. The van der Waals surface area contributed by atoms with Crippen LogP contribution in [0.4, 0.5) is 5.95 Å². The maximum atomic E-state index is 12.0. The smallest absolute Gasteiger partial charge is 0.251 e. The normalized spacial score (nSPS) is 12.1. The number of carbonyl (C=O) groups is 1. The fourth-order valence-electron chi connectivity index (χ4n) is 1.53. The number of nitrogens with one attached hydrogen (secondary N) is 3. The van der Waals surface area contributed by atoms with Gasteiger partial charge < -0.3 is 16.0 Å². The fraction of sp³-hybridized carbons (Fsp3) is 0.364. The lowest BCUT2D eigenvalue weighted by Gasteiger charge is -2.10. The van der Waals surface area contributed by atoms with Crippen LogP contribution >= 0.6 is 11.8 Å². The molecule has 0 aliphatic heterocycles. The molecule has 0 spiro atoms. The van der Waals surface area contributed by atoms with Crippen LogP contribution in [0, 0.1) is 6.92 Å². The van der Waals surface area contributed by atoms with Gasteiger partial charge in [0.2, 0.25) is 11.9 Å². The first-order chi connectivity index (χ1) is 9.94. The van der Waals surface area contributed by atoms with Crippen molar-refractivity contribution >= 4 is 23.6 Å². The van der Waals surface area contributed by atoms with Crippen LogP contribution in [0.1, 0.15) is 18.4 Å². The van der Waals surface area contributed by atoms with E-state index < -0.39 is 5.25 Å². The molecule has 0 aliphatic rings. The van der Waals surface area contributed by atoms with Crippen molar-refractivity contribution < 1.29 is 4.79 Å². The second kappa shape index (κ2) is 6.39. The maximum absolute atomic E-state index is 12.0. The number of aromatic amines is 2. The number of nitrogen functional groups attached to an aromatic ring is 1. The van der Waals surface area contributed by atoms with Gasteiger partial charge in [-0.05, 0) is 13.8 Å². The van der Waals surface area contributed by atoms with Crippen LogP contribution in [0.25, 0.3) is 0 Å². The molecule has 0 aliphatic carbocycles. The van der Waals surface area contributed by atoms with Crippen molar-refractivity contribution in [3.8, 4) is 0 Å². The molecule has 2 heterocycles. The van der Waals surface area contributed by atoms with Gasteiger partial charge in [-0.3, -0.25) is 14.7 Å². The number of carbonyl (C=O) groups excluding carboxylic acids is 1. The summed E-state index contributed by atoms with van der Waals surface area (Å²) in [6.07, 6.45) is 0. The molecular weight excluding hydrogens is 294 g/mol. The van der Waals surface area contributed by atoms with Gasteiger partial charge >= 0.3 is 0 Å². The first-order valence-electron chi connectivity index (χ1n) is 6.13. The predicted octanol–water partition coefficient (Wildman–Crippen LogP) is -0.424. The van der Waals surface area contributed by atoms with Crippen LogP contribution in [0.2, 0.25) is 0 Å². The van der Waals surface area contributed by atoms with Crippen molar-refractivity contribution in [2.75, 3.05) is 5.73 Å². The molecule has 0 saturated heterocycles. The van der Waals surface area contributed by atoms with E-state index in [0.717, 1.165) is 0 Å². The molecule has 0 saturated carbocycles. The Bertz CT molecular complexity index is 696. The second-order valence-corrected chi connectivity index (χ2v) is 5.64. The average Bonchev–Trinajstić information content (AvgIpc) is 2.80. The molecule has 10 heteroatoms. The van der Waals surface area contributed by atoms with Crippen molar-refractivity contribution in [1.82, 2.24) is 30.5 Å². The third-order valence-electron chi connectivity index (χ3n) is 2.48. The highest BCUT2D eigenvalue weighted by molar-refractivity contribution is 8.00. The average molecular weight is 309 g/mol. The van der Waals surface area contributed by atoms with Gasteiger partial charge in [-0.2, -0.15) is 4.98 Å². The largest absolute Gasteiger partial charge is 0.367 e. The van der Waals surface area contributed by atoms with Gasteiger partial charge in [-0.1, -0.05) is 11.8 Å². The summed E-state index contributed by atoms with van der Waals surface area (Å²) in [6.45, 7) is 3.64. The van der Waals surface area contributed by atoms with Gasteiger partial charge in [0, 0.05) is 11.8 Å². The molecule has 1 atom stereocenters. The molecule has 0 unspecified atom stereocenters. The maximum Gasteiger partial charge on any atom is 0.251 e.